The van der Waals surface area contributed by atoms with Gasteiger partial charge in [0.05, 0.1) is 17.8 Å². The van der Waals surface area contributed by atoms with E-state index in [0.29, 0.717) is 22.6 Å². The Balaban J connectivity index is 1.86. The van der Waals surface area contributed by atoms with E-state index >= 15 is 0 Å². The molecule has 1 aliphatic rings. The van der Waals surface area contributed by atoms with Gasteiger partial charge < -0.3 is 10.0 Å². The maximum atomic E-state index is 13.2. The average molecular weight is 340 g/mol. The number of nitrogens with zero attached hydrogens (tertiary/aromatic N) is 4. The number of aromatic nitrogens is 3. The van der Waals surface area contributed by atoms with Crippen LogP contribution in [0.5, 0.6) is 0 Å². The van der Waals surface area contributed by atoms with Gasteiger partial charge in [0.1, 0.15) is 11.6 Å². The zero-order valence-corrected chi connectivity index (χ0v) is 13.5. The van der Waals surface area contributed by atoms with E-state index in [2.05, 4.69) is 15.0 Å². The highest BCUT2D eigenvalue weighted by atomic mass is 19.1. The Hall–Kier alpha value is -2.96. The van der Waals surface area contributed by atoms with Crippen molar-refractivity contribution in [3.8, 4) is 11.3 Å². The molecule has 0 saturated carbocycles. The van der Waals surface area contributed by atoms with Gasteiger partial charge in [-0.15, -0.1) is 5.10 Å². The predicted molar refractivity (Wildman–Crippen MR) is 91.2 cm³/mol. The van der Waals surface area contributed by atoms with Gasteiger partial charge in [-0.05, 0) is 49.2 Å². The molecule has 1 fully saturated rings. The molecule has 1 aromatic carbocycles. The first kappa shape index (κ1) is 15.6. The number of halogens is 1. The van der Waals surface area contributed by atoms with Crippen LogP contribution in [0.4, 0.5) is 10.2 Å². The maximum Gasteiger partial charge on any atom is 0.309 e. The molecule has 3 heterocycles. The van der Waals surface area contributed by atoms with E-state index in [-0.39, 0.29) is 12.2 Å². The Morgan fingerprint density at radius 2 is 1.84 bits per heavy atom. The third-order valence-electron chi connectivity index (χ3n) is 4.42. The first-order chi connectivity index (χ1) is 12.1. The molecule has 0 bridgehead atoms. The molecule has 3 aromatic rings. The summed E-state index contributed by atoms with van der Waals surface area (Å²) in [5.74, 6) is -0.486. The molecule has 1 saturated heterocycles. The van der Waals surface area contributed by atoms with Gasteiger partial charge in [0.2, 0.25) is 0 Å². The molecule has 0 atom stereocenters. The van der Waals surface area contributed by atoms with Gasteiger partial charge in [0.15, 0.2) is 5.65 Å². The van der Waals surface area contributed by atoms with Crippen LogP contribution in [0.15, 0.2) is 36.4 Å². The zero-order chi connectivity index (χ0) is 17.4. The topological polar surface area (TPSA) is 70.7 Å². The van der Waals surface area contributed by atoms with Gasteiger partial charge in [-0.3, -0.25) is 4.79 Å². The quantitative estimate of drug-likeness (QED) is 0.791. The Kier molecular flexibility index (Phi) is 3.83. The molecule has 0 unspecified atom stereocenters. The van der Waals surface area contributed by atoms with Crippen LogP contribution in [-0.4, -0.2) is 38.8 Å². The highest BCUT2D eigenvalue weighted by molar-refractivity contribution is 5.76. The van der Waals surface area contributed by atoms with Crippen LogP contribution in [-0.2, 0) is 11.2 Å². The second-order valence-corrected chi connectivity index (χ2v) is 6.14. The molecule has 7 heteroatoms. The van der Waals surface area contributed by atoms with E-state index in [0.717, 1.165) is 31.7 Å². The largest absolute Gasteiger partial charge is 0.481 e. The number of imidazole rings is 1. The summed E-state index contributed by atoms with van der Waals surface area (Å²) in [5, 5.41) is 13.9. The first-order valence-electron chi connectivity index (χ1n) is 8.23. The molecule has 6 nitrogen and oxygen atoms in total. The highest BCUT2D eigenvalue weighted by Gasteiger charge is 2.20. The summed E-state index contributed by atoms with van der Waals surface area (Å²) in [5.41, 5.74) is 2.27. The molecule has 0 spiro atoms. The van der Waals surface area contributed by atoms with Crippen LogP contribution in [0.2, 0.25) is 0 Å². The zero-order valence-electron chi connectivity index (χ0n) is 13.5. The van der Waals surface area contributed by atoms with Gasteiger partial charge in [-0.25, -0.2) is 13.9 Å². The number of aliphatic carboxylic acids is 1. The number of fused-ring (bicyclic) bond motifs is 1. The number of hydrogen-bond donors (Lipinski definition) is 1. The Morgan fingerprint density at radius 3 is 2.52 bits per heavy atom. The van der Waals surface area contributed by atoms with Gasteiger partial charge in [0.25, 0.3) is 0 Å². The summed E-state index contributed by atoms with van der Waals surface area (Å²) in [6.07, 6.45) is 2.06. The molecular weight excluding hydrogens is 323 g/mol. The molecular formula is C18H17FN4O2. The van der Waals surface area contributed by atoms with E-state index in [1.807, 2.05) is 12.1 Å². The molecule has 25 heavy (non-hydrogen) atoms. The standard InChI is InChI=1S/C18H17FN4O2/c19-13-5-3-12(4-6-13)18-14(11-17(24)25)23-15(20-18)7-8-16(21-23)22-9-1-2-10-22/h3-8H,1-2,9-11H2,(H,24,25). The fourth-order valence-electron chi connectivity index (χ4n) is 3.22. The summed E-state index contributed by atoms with van der Waals surface area (Å²) in [6.45, 7) is 1.90. The van der Waals surface area contributed by atoms with Crippen LogP contribution >= 0.6 is 0 Å². The molecule has 2 aromatic heterocycles. The van der Waals surface area contributed by atoms with Crippen molar-refractivity contribution >= 4 is 17.4 Å². The smallest absolute Gasteiger partial charge is 0.309 e. The van der Waals surface area contributed by atoms with Gasteiger partial charge in [0, 0.05) is 18.7 Å². The summed E-state index contributed by atoms with van der Waals surface area (Å²) in [4.78, 5) is 18.1. The fraction of sp³-hybridized carbons (Fsp3) is 0.278. The Morgan fingerprint density at radius 1 is 1.12 bits per heavy atom. The molecule has 0 aliphatic carbocycles. The average Bonchev–Trinajstić information content (AvgIpc) is 3.23. The second-order valence-electron chi connectivity index (χ2n) is 6.14. The number of anilines is 1. The Labute approximate surface area is 143 Å². The SMILES string of the molecule is O=C(O)Cc1c(-c2ccc(F)cc2)nc2ccc(N3CCCC3)nn12. The van der Waals surface area contributed by atoms with Crippen LogP contribution in [0.1, 0.15) is 18.5 Å². The summed E-state index contributed by atoms with van der Waals surface area (Å²) in [6, 6.07) is 9.64. The second kappa shape index (κ2) is 6.16. The maximum absolute atomic E-state index is 13.2. The lowest BCUT2D eigenvalue weighted by Gasteiger charge is -2.16. The number of carboxylic acid groups (broad SMARTS) is 1. The van der Waals surface area contributed by atoms with Crippen molar-refractivity contribution in [1.29, 1.82) is 0 Å². The lowest BCUT2D eigenvalue weighted by Crippen LogP contribution is -2.20. The molecule has 128 valence electrons. The van der Waals surface area contributed by atoms with E-state index in [9.17, 15) is 14.3 Å². The van der Waals surface area contributed by atoms with Crippen molar-refractivity contribution in [2.45, 2.75) is 19.3 Å². The van der Waals surface area contributed by atoms with Crippen LogP contribution in [0.3, 0.4) is 0 Å². The minimum Gasteiger partial charge on any atom is -0.481 e. The minimum atomic E-state index is -0.960. The third-order valence-corrected chi connectivity index (χ3v) is 4.42. The fourth-order valence-corrected chi connectivity index (χ4v) is 3.22. The van der Waals surface area contributed by atoms with Crippen molar-refractivity contribution in [3.63, 3.8) is 0 Å². The van der Waals surface area contributed by atoms with E-state index in [4.69, 9.17) is 0 Å². The molecule has 1 N–H and O–H groups in total. The van der Waals surface area contributed by atoms with E-state index in [1.165, 1.54) is 12.1 Å². The summed E-state index contributed by atoms with van der Waals surface area (Å²) < 4.78 is 14.8. The minimum absolute atomic E-state index is 0.204. The van der Waals surface area contributed by atoms with Gasteiger partial charge >= 0.3 is 5.97 Å². The van der Waals surface area contributed by atoms with E-state index in [1.54, 1.807) is 16.6 Å². The van der Waals surface area contributed by atoms with Crippen LogP contribution < -0.4 is 4.90 Å². The number of carboxylic acids is 1. The van der Waals surface area contributed by atoms with Gasteiger partial charge in [-0.2, -0.15) is 0 Å². The summed E-state index contributed by atoms with van der Waals surface area (Å²) >= 11 is 0. The monoisotopic (exact) mass is 340 g/mol. The lowest BCUT2D eigenvalue weighted by molar-refractivity contribution is -0.136. The lowest BCUT2D eigenvalue weighted by atomic mass is 10.1. The highest BCUT2D eigenvalue weighted by Crippen LogP contribution is 2.26. The summed E-state index contributed by atoms with van der Waals surface area (Å²) in [7, 11) is 0. The molecule has 0 amide bonds. The van der Waals surface area contributed by atoms with Crippen molar-refractivity contribution < 1.29 is 14.3 Å². The Bertz CT molecular complexity index is 930. The van der Waals surface area contributed by atoms with Crippen molar-refractivity contribution in [3.05, 3.63) is 47.9 Å². The first-order valence-corrected chi connectivity index (χ1v) is 8.23. The number of benzene rings is 1. The van der Waals surface area contributed by atoms with Gasteiger partial charge in [-0.1, -0.05) is 0 Å². The third kappa shape index (κ3) is 2.93. The molecule has 4 rings (SSSR count). The predicted octanol–water partition coefficient (Wildman–Crippen LogP) is 2.76. The van der Waals surface area contributed by atoms with Crippen molar-refractivity contribution in [2.75, 3.05) is 18.0 Å². The van der Waals surface area contributed by atoms with Crippen LogP contribution in [0.25, 0.3) is 16.9 Å². The number of rotatable bonds is 4. The van der Waals surface area contributed by atoms with Crippen molar-refractivity contribution in [2.24, 2.45) is 0 Å². The molecule has 0 radical (unpaired) electrons. The number of hydrogen-bond acceptors (Lipinski definition) is 4. The number of carbonyl (C=O) groups is 1. The molecule has 1 aliphatic heterocycles. The van der Waals surface area contributed by atoms with Crippen LogP contribution in [0, 0.1) is 5.82 Å². The normalized spacial score (nSPS) is 14.4. The van der Waals surface area contributed by atoms with E-state index < -0.39 is 5.97 Å². The van der Waals surface area contributed by atoms with Crippen molar-refractivity contribution in [1.82, 2.24) is 14.6 Å².